The number of nitrogen functional groups attached to an aromatic ring is 1. The molecule has 0 spiro atoms. The molecule has 3 N–H and O–H groups in total. The minimum atomic E-state index is 0.0316. The lowest BCUT2D eigenvalue weighted by atomic mass is 10.2. The Morgan fingerprint density at radius 1 is 1.05 bits per heavy atom. The van der Waals surface area contributed by atoms with E-state index in [4.69, 9.17) is 15.9 Å². The van der Waals surface area contributed by atoms with Crippen LogP contribution >= 0.6 is 11.3 Å². The Morgan fingerprint density at radius 2 is 1.77 bits per heavy atom. The number of hydrogen-bond donors (Lipinski definition) is 2. The van der Waals surface area contributed by atoms with Gasteiger partial charge < -0.3 is 10.5 Å². The van der Waals surface area contributed by atoms with Gasteiger partial charge in [0.05, 0.1) is 17.7 Å². The van der Waals surface area contributed by atoms with Gasteiger partial charge in [0.2, 0.25) is 0 Å². The lowest BCUT2D eigenvalue weighted by Crippen LogP contribution is -2.10. The number of methoxy groups -OCH3 is 1. The molecule has 2 aromatic heterocycles. The molecule has 0 radical (unpaired) electrons. The van der Waals surface area contributed by atoms with Gasteiger partial charge >= 0.3 is 0 Å². The zero-order valence-electron chi connectivity index (χ0n) is 12.0. The normalized spacial score (nSPS) is 10.4. The van der Waals surface area contributed by atoms with Crippen LogP contribution in [-0.2, 0) is 0 Å². The fraction of sp³-hybridized carbons (Fsp3) is 0.0588. The van der Waals surface area contributed by atoms with E-state index >= 15 is 0 Å². The molecule has 0 saturated carbocycles. The monoisotopic (exact) mass is 309 g/mol. The number of ether oxygens (including phenoxy) is 1. The molecule has 0 fully saturated rings. The third-order valence-corrected chi connectivity index (χ3v) is 4.46. The smallest absolute Gasteiger partial charge is 0.124 e. The first kappa shape index (κ1) is 14.3. The third-order valence-electron chi connectivity index (χ3n) is 3.31. The third kappa shape index (κ3) is 2.84. The van der Waals surface area contributed by atoms with Gasteiger partial charge in [-0.2, -0.15) is 0 Å². The van der Waals surface area contributed by atoms with Crippen molar-refractivity contribution in [2.45, 2.75) is 0 Å². The molecule has 0 aliphatic rings. The molecule has 3 rings (SSSR count). The second-order valence-corrected chi connectivity index (χ2v) is 5.82. The van der Waals surface area contributed by atoms with Crippen LogP contribution in [0.3, 0.4) is 0 Å². The molecular weight excluding hydrogens is 294 g/mol. The van der Waals surface area contributed by atoms with Crippen LogP contribution in [0.5, 0.6) is 5.75 Å². The second kappa shape index (κ2) is 5.99. The topological polar surface area (TPSA) is 72.0 Å². The van der Waals surface area contributed by atoms with Crippen molar-refractivity contribution >= 4 is 17.2 Å². The highest BCUT2D eigenvalue weighted by molar-refractivity contribution is 7.18. The Hall–Kier alpha value is -2.66. The maximum atomic E-state index is 7.39. The number of nitrogens with two attached hydrogens (primary N) is 1. The number of hydrogen-bond acceptors (Lipinski definition) is 4. The molecule has 0 unspecified atom stereocenters. The van der Waals surface area contributed by atoms with E-state index in [1.54, 1.807) is 24.6 Å². The van der Waals surface area contributed by atoms with Gasteiger partial charge in [0.15, 0.2) is 0 Å². The molecule has 0 aliphatic carbocycles. The number of thiophene rings is 1. The van der Waals surface area contributed by atoms with Crippen molar-refractivity contribution in [3.05, 3.63) is 60.3 Å². The quantitative estimate of drug-likeness (QED) is 0.569. The van der Waals surface area contributed by atoms with Gasteiger partial charge in [-0.05, 0) is 54.1 Å². The van der Waals surface area contributed by atoms with Gasteiger partial charge in [-0.3, -0.25) is 10.4 Å². The Labute approximate surface area is 132 Å². The second-order valence-electron chi connectivity index (χ2n) is 4.74. The van der Waals surface area contributed by atoms with Crippen molar-refractivity contribution in [2.24, 2.45) is 5.73 Å². The number of amidine groups is 1. The van der Waals surface area contributed by atoms with Crippen LogP contribution in [0.1, 0.15) is 5.56 Å². The highest BCUT2D eigenvalue weighted by atomic mass is 32.1. The minimum Gasteiger partial charge on any atom is -0.497 e. The van der Waals surface area contributed by atoms with Crippen LogP contribution in [0.4, 0.5) is 0 Å². The average Bonchev–Trinajstić information content (AvgIpc) is 3.05. The average molecular weight is 309 g/mol. The molecule has 22 heavy (non-hydrogen) atoms. The van der Waals surface area contributed by atoms with E-state index in [-0.39, 0.29) is 5.84 Å². The molecule has 110 valence electrons. The van der Waals surface area contributed by atoms with E-state index in [1.165, 1.54) is 4.88 Å². The molecule has 0 atom stereocenters. The summed E-state index contributed by atoms with van der Waals surface area (Å²) >= 11 is 1.68. The Bertz CT molecular complexity index is 792. The van der Waals surface area contributed by atoms with E-state index in [9.17, 15) is 0 Å². The van der Waals surface area contributed by atoms with Gasteiger partial charge in [-0.15, -0.1) is 11.3 Å². The zero-order chi connectivity index (χ0) is 15.5. The maximum Gasteiger partial charge on any atom is 0.124 e. The van der Waals surface area contributed by atoms with E-state index in [2.05, 4.69) is 17.1 Å². The molecule has 0 aliphatic heterocycles. The summed E-state index contributed by atoms with van der Waals surface area (Å²) < 4.78 is 5.18. The van der Waals surface area contributed by atoms with Gasteiger partial charge in [0.25, 0.3) is 0 Å². The highest BCUT2D eigenvalue weighted by Gasteiger charge is 2.07. The molecule has 2 heterocycles. The molecule has 4 nitrogen and oxygen atoms in total. The summed E-state index contributed by atoms with van der Waals surface area (Å²) in [5.41, 5.74) is 8.11. The molecular formula is C17H15N3OS. The van der Waals surface area contributed by atoms with Crippen molar-refractivity contribution in [2.75, 3.05) is 7.11 Å². The number of aromatic nitrogens is 1. The number of benzene rings is 1. The number of pyridine rings is 1. The maximum absolute atomic E-state index is 7.39. The summed E-state index contributed by atoms with van der Waals surface area (Å²) in [6.45, 7) is 0. The molecule has 3 aromatic rings. The van der Waals surface area contributed by atoms with Crippen molar-refractivity contribution in [3.8, 4) is 26.8 Å². The summed E-state index contributed by atoms with van der Waals surface area (Å²) in [6, 6.07) is 15.8. The largest absolute Gasteiger partial charge is 0.497 e. The first-order chi connectivity index (χ1) is 10.7. The summed E-state index contributed by atoms with van der Waals surface area (Å²) in [5.74, 6) is 0.881. The zero-order valence-corrected chi connectivity index (χ0v) is 12.9. The number of rotatable bonds is 4. The minimum absolute atomic E-state index is 0.0316. The van der Waals surface area contributed by atoms with Crippen LogP contribution < -0.4 is 10.5 Å². The molecule has 1 aromatic carbocycles. The van der Waals surface area contributed by atoms with E-state index < -0.39 is 0 Å². The van der Waals surface area contributed by atoms with Crippen molar-refractivity contribution in [1.82, 2.24) is 4.98 Å². The fourth-order valence-corrected chi connectivity index (χ4v) is 3.07. The van der Waals surface area contributed by atoms with E-state index in [0.29, 0.717) is 5.56 Å². The first-order valence-electron chi connectivity index (χ1n) is 6.72. The standard InChI is InChI=1S/C17H15N3OS/c1-21-13-5-2-11(3-6-13)15-8-9-16(22-15)14-7-4-12(10-20-14)17(18)19/h2-10H,1H3,(H3,18,19). The van der Waals surface area contributed by atoms with Crippen LogP contribution in [-0.4, -0.2) is 17.9 Å². The lowest BCUT2D eigenvalue weighted by Gasteiger charge is -2.01. The van der Waals surface area contributed by atoms with Gasteiger partial charge in [0, 0.05) is 16.6 Å². The van der Waals surface area contributed by atoms with Crippen LogP contribution in [0.2, 0.25) is 0 Å². The number of nitrogens with zero attached hydrogens (tertiary/aromatic N) is 1. The summed E-state index contributed by atoms with van der Waals surface area (Å²) in [7, 11) is 1.66. The Morgan fingerprint density at radius 3 is 2.36 bits per heavy atom. The van der Waals surface area contributed by atoms with Gasteiger partial charge in [0.1, 0.15) is 11.6 Å². The number of nitrogens with one attached hydrogen (secondary N) is 1. The predicted molar refractivity (Wildman–Crippen MR) is 90.6 cm³/mol. The fourth-order valence-electron chi connectivity index (χ4n) is 2.08. The van der Waals surface area contributed by atoms with Crippen LogP contribution in [0, 0.1) is 5.41 Å². The first-order valence-corrected chi connectivity index (χ1v) is 7.54. The molecule has 0 bridgehead atoms. The molecule has 0 saturated heterocycles. The summed E-state index contributed by atoms with van der Waals surface area (Å²) in [4.78, 5) is 6.63. The van der Waals surface area contributed by atoms with Crippen molar-refractivity contribution < 1.29 is 4.74 Å². The van der Waals surface area contributed by atoms with Crippen molar-refractivity contribution in [1.29, 1.82) is 5.41 Å². The van der Waals surface area contributed by atoms with Crippen molar-refractivity contribution in [3.63, 3.8) is 0 Å². The van der Waals surface area contributed by atoms with E-state index in [1.807, 2.05) is 36.4 Å². The summed E-state index contributed by atoms with van der Waals surface area (Å²) in [5, 5.41) is 7.39. The lowest BCUT2D eigenvalue weighted by molar-refractivity contribution is 0.415. The SMILES string of the molecule is COc1ccc(-c2ccc(-c3ccc(C(=N)N)cn3)s2)cc1. The molecule has 0 amide bonds. The van der Waals surface area contributed by atoms with Gasteiger partial charge in [-0.25, -0.2) is 0 Å². The van der Waals surface area contributed by atoms with Gasteiger partial charge in [-0.1, -0.05) is 0 Å². The summed E-state index contributed by atoms with van der Waals surface area (Å²) in [6.07, 6.45) is 1.63. The predicted octanol–water partition coefficient (Wildman–Crippen LogP) is 3.77. The van der Waals surface area contributed by atoms with Crippen LogP contribution in [0.25, 0.3) is 21.0 Å². The molecule has 5 heteroatoms. The van der Waals surface area contributed by atoms with Crippen LogP contribution in [0.15, 0.2) is 54.7 Å². The van der Waals surface area contributed by atoms with E-state index in [0.717, 1.165) is 21.9 Å². The Balaban J connectivity index is 1.87. The Kier molecular flexibility index (Phi) is 3.89. The highest BCUT2D eigenvalue weighted by Crippen LogP contribution is 2.34.